The predicted molar refractivity (Wildman–Crippen MR) is 144 cm³/mol. The standard InChI is InChI=1S/C27H27ClN4O4S/c1-4-37(34,35)27-29-15-24(25(31-27)26(33)30-23-13-18(2)10-11-19(23)3)32(17-22-9-6-12-36-22)16-20-7-5-8-21(28)14-20/h5-15H,4,16-17H2,1-3H3,(H,30,33). The molecule has 2 heterocycles. The summed E-state index contributed by atoms with van der Waals surface area (Å²) in [5.41, 5.74) is 3.62. The second-order valence-corrected chi connectivity index (χ2v) is 11.2. The van der Waals surface area contributed by atoms with Gasteiger partial charge < -0.3 is 14.6 Å². The normalized spacial score (nSPS) is 11.4. The van der Waals surface area contributed by atoms with E-state index in [-0.39, 0.29) is 18.0 Å². The zero-order chi connectivity index (χ0) is 26.6. The third kappa shape index (κ3) is 6.36. The van der Waals surface area contributed by atoms with Crippen molar-refractivity contribution < 1.29 is 17.6 Å². The molecule has 8 nitrogen and oxygen atoms in total. The maximum atomic E-state index is 13.6. The van der Waals surface area contributed by atoms with Crippen LogP contribution < -0.4 is 10.2 Å². The number of hydrogen-bond acceptors (Lipinski definition) is 7. The quantitative estimate of drug-likeness (QED) is 0.277. The van der Waals surface area contributed by atoms with E-state index in [1.807, 2.05) is 61.2 Å². The van der Waals surface area contributed by atoms with Gasteiger partial charge in [-0.25, -0.2) is 18.4 Å². The highest BCUT2D eigenvalue weighted by Gasteiger charge is 2.25. The fourth-order valence-electron chi connectivity index (χ4n) is 3.76. The second kappa shape index (κ2) is 11.1. The molecule has 0 unspecified atom stereocenters. The third-order valence-electron chi connectivity index (χ3n) is 5.79. The molecule has 4 rings (SSSR count). The number of amides is 1. The van der Waals surface area contributed by atoms with Crippen molar-refractivity contribution >= 4 is 38.7 Å². The third-order valence-corrected chi connectivity index (χ3v) is 7.54. The van der Waals surface area contributed by atoms with Gasteiger partial charge in [-0.15, -0.1) is 0 Å². The Labute approximate surface area is 221 Å². The number of rotatable bonds is 9. The van der Waals surface area contributed by atoms with Crippen molar-refractivity contribution in [2.45, 2.75) is 39.0 Å². The first-order valence-corrected chi connectivity index (χ1v) is 13.7. The average molecular weight is 539 g/mol. The van der Waals surface area contributed by atoms with Crippen LogP contribution in [0.3, 0.4) is 0 Å². The van der Waals surface area contributed by atoms with E-state index in [0.29, 0.717) is 28.7 Å². The fraction of sp³-hybridized carbons (Fsp3) is 0.222. The Balaban J connectivity index is 1.82. The van der Waals surface area contributed by atoms with Crippen LogP contribution >= 0.6 is 11.6 Å². The first-order chi connectivity index (χ1) is 17.7. The van der Waals surface area contributed by atoms with Gasteiger partial charge in [-0.05, 0) is 60.9 Å². The van der Waals surface area contributed by atoms with Crippen LogP contribution in [-0.4, -0.2) is 30.0 Å². The summed E-state index contributed by atoms with van der Waals surface area (Å²) in [5, 5.41) is 3.07. The molecule has 37 heavy (non-hydrogen) atoms. The Morgan fingerprint density at radius 1 is 1.08 bits per heavy atom. The number of anilines is 2. The number of halogens is 1. The van der Waals surface area contributed by atoms with Crippen molar-refractivity contribution in [3.05, 3.63) is 100 Å². The number of furan rings is 1. The summed E-state index contributed by atoms with van der Waals surface area (Å²) in [6.07, 6.45) is 2.94. The van der Waals surface area contributed by atoms with Gasteiger partial charge in [0, 0.05) is 17.3 Å². The van der Waals surface area contributed by atoms with E-state index in [9.17, 15) is 13.2 Å². The molecule has 0 spiro atoms. The van der Waals surface area contributed by atoms with E-state index < -0.39 is 20.9 Å². The van der Waals surface area contributed by atoms with Crippen LogP contribution in [0.1, 0.15) is 39.9 Å². The number of aromatic nitrogens is 2. The van der Waals surface area contributed by atoms with Gasteiger partial charge in [-0.3, -0.25) is 4.79 Å². The van der Waals surface area contributed by atoms with Gasteiger partial charge in [0.1, 0.15) is 5.76 Å². The Morgan fingerprint density at radius 2 is 1.89 bits per heavy atom. The highest BCUT2D eigenvalue weighted by molar-refractivity contribution is 7.91. The molecule has 0 aliphatic carbocycles. The molecular weight excluding hydrogens is 512 g/mol. The molecule has 0 saturated heterocycles. The van der Waals surface area contributed by atoms with Crippen molar-refractivity contribution in [1.29, 1.82) is 0 Å². The smallest absolute Gasteiger partial charge is 0.276 e. The van der Waals surface area contributed by atoms with E-state index in [2.05, 4.69) is 15.3 Å². The molecule has 0 atom stereocenters. The predicted octanol–water partition coefficient (Wildman–Crippen LogP) is 5.59. The minimum absolute atomic E-state index is 0.0588. The van der Waals surface area contributed by atoms with Gasteiger partial charge in [0.25, 0.3) is 5.91 Å². The molecule has 192 valence electrons. The van der Waals surface area contributed by atoms with Gasteiger partial charge in [-0.1, -0.05) is 42.8 Å². The lowest BCUT2D eigenvalue weighted by molar-refractivity contribution is 0.102. The van der Waals surface area contributed by atoms with Crippen LogP contribution in [0.5, 0.6) is 0 Å². The fourth-order valence-corrected chi connectivity index (χ4v) is 4.68. The second-order valence-electron chi connectivity index (χ2n) is 8.63. The van der Waals surface area contributed by atoms with E-state index in [1.54, 1.807) is 18.4 Å². The summed E-state index contributed by atoms with van der Waals surface area (Å²) >= 11 is 6.21. The molecule has 2 aromatic carbocycles. The van der Waals surface area contributed by atoms with Crippen molar-refractivity contribution in [3.63, 3.8) is 0 Å². The van der Waals surface area contributed by atoms with Crippen molar-refractivity contribution in [3.8, 4) is 0 Å². The van der Waals surface area contributed by atoms with Crippen molar-refractivity contribution in [2.75, 3.05) is 16.0 Å². The van der Waals surface area contributed by atoms with Crippen LogP contribution in [0.2, 0.25) is 5.02 Å². The zero-order valence-electron chi connectivity index (χ0n) is 20.7. The Bertz CT molecular complexity index is 1520. The highest BCUT2D eigenvalue weighted by Crippen LogP contribution is 2.27. The van der Waals surface area contributed by atoms with Crippen molar-refractivity contribution in [1.82, 2.24) is 9.97 Å². The number of carbonyl (C=O) groups excluding carboxylic acids is 1. The minimum Gasteiger partial charge on any atom is -0.467 e. The minimum atomic E-state index is -3.76. The first-order valence-electron chi connectivity index (χ1n) is 11.7. The molecular formula is C27H27ClN4O4S. The molecule has 1 amide bonds. The summed E-state index contributed by atoms with van der Waals surface area (Å²) in [6, 6.07) is 16.6. The number of nitrogens with zero attached hydrogens (tertiary/aromatic N) is 3. The van der Waals surface area contributed by atoms with Crippen LogP contribution in [0.15, 0.2) is 76.6 Å². The summed E-state index contributed by atoms with van der Waals surface area (Å²) in [4.78, 5) is 23.9. The lowest BCUT2D eigenvalue weighted by Crippen LogP contribution is -2.28. The SMILES string of the molecule is CCS(=O)(=O)c1ncc(N(Cc2cccc(Cl)c2)Cc2ccco2)c(C(=O)Nc2cc(C)ccc2C)n1. The molecule has 4 aromatic rings. The van der Waals surface area contributed by atoms with Gasteiger partial charge >= 0.3 is 0 Å². The van der Waals surface area contributed by atoms with Gasteiger partial charge in [0.15, 0.2) is 5.69 Å². The molecule has 0 aliphatic heterocycles. The molecule has 0 bridgehead atoms. The maximum absolute atomic E-state index is 13.6. The molecule has 0 aliphatic rings. The largest absolute Gasteiger partial charge is 0.467 e. The van der Waals surface area contributed by atoms with Crippen LogP contribution in [0, 0.1) is 13.8 Å². The van der Waals surface area contributed by atoms with Crippen LogP contribution in [0.4, 0.5) is 11.4 Å². The molecule has 10 heteroatoms. The maximum Gasteiger partial charge on any atom is 0.276 e. The number of carbonyl (C=O) groups is 1. The molecule has 2 aromatic heterocycles. The van der Waals surface area contributed by atoms with E-state index in [1.165, 1.54) is 13.1 Å². The highest BCUT2D eigenvalue weighted by atomic mass is 35.5. The summed E-state index contributed by atoms with van der Waals surface area (Å²) in [5.74, 6) is -0.0920. The zero-order valence-corrected chi connectivity index (χ0v) is 22.3. The number of nitrogens with one attached hydrogen (secondary N) is 1. The molecule has 1 N–H and O–H groups in total. The van der Waals surface area contributed by atoms with E-state index in [4.69, 9.17) is 16.0 Å². The monoisotopic (exact) mass is 538 g/mol. The Morgan fingerprint density at radius 3 is 2.59 bits per heavy atom. The van der Waals surface area contributed by atoms with E-state index in [0.717, 1.165) is 16.7 Å². The lowest BCUT2D eigenvalue weighted by atomic mass is 10.1. The first kappa shape index (κ1) is 26.4. The number of benzene rings is 2. The van der Waals surface area contributed by atoms with Crippen molar-refractivity contribution in [2.24, 2.45) is 0 Å². The van der Waals surface area contributed by atoms with Crippen LogP contribution in [0.25, 0.3) is 0 Å². The molecule has 0 saturated carbocycles. The Kier molecular flexibility index (Phi) is 7.94. The molecule has 0 radical (unpaired) electrons. The topological polar surface area (TPSA) is 105 Å². The number of aryl methyl sites for hydroxylation is 2. The summed E-state index contributed by atoms with van der Waals surface area (Å²) < 4.78 is 30.8. The molecule has 0 fully saturated rings. The average Bonchev–Trinajstić information content (AvgIpc) is 3.38. The number of sulfone groups is 1. The van der Waals surface area contributed by atoms with E-state index >= 15 is 0 Å². The summed E-state index contributed by atoms with van der Waals surface area (Å²) in [7, 11) is -3.76. The van der Waals surface area contributed by atoms with Crippen LogP contribution in [-0.2, 0) is 22.9 Å². The summed E-state index contributed by atoms with van der Waals surface area (Å²) in [6.45, 7) is 5.93. The van der Waals surface area contributed by atoms with Gasteiger partial charge in [-0.2, -0.15) is 0 Å². The lowest BCUT2D eigenvalue weighted by Gasteiger charge is -2.26. The Hall–Kier alpha value is -3.69. The van der Waals surface area contributed by atoms with Gasteiger partial charge in [0.05, 0.1) is 30.4 Å². The number of hydrogen-bond donors (Lipinski definition) is 1. The van der Waals surface area contributed by atoms with Gasteiger partial charge in [0.2, 0.25) is 15.0 Å².